The molecular weight excluding hydrogens is 359 g/mol. The fraction of sp³-hybridized carbons (Fsp3) is 0.267. The van der Waals surface area contributed by atoms with Gasteiger partial charge in [0.25, 0.3) is 5.88 Å². The molecule has 0 unspecified atom stereocenters. The molecule has 1 saturated carbocycles. The Kier molecular flexibility index (Phi) is 4.42. The molecule has 0 radical (unpaired) electrons. The molecule has 0 bridgehead atoms. The van der Waals surface area contributed by atoms with Gasteiger partial charge in [0.05, 0.1) is 5.02 Å². The van der Waals surface area contributed by atoms with Crippen molar-refractivity contribution in [3.63, 3.8) is 0 Å². The number of hydrogen-bond donors (Lipinski definition) is 1. The summed E-state index contributed by atoms with van der Waals surface area (Å²) in [4.78, 5) is 3.95. The van der Waals surface area contributed by atoms with Crippen molar-refractivity contribution in [2.24, 2.45) is 0 Å². The third-order valence-corrected chi connectivity index (χ3v) is 4.00. The standard InChI is InChI=1S/C15H13BrClFN2O/c16-10-1-4-12(17)13(7-10)21-15-14(18)9(5-6-19-15)8-20-11-2-3-11/h1,4-7,11,20H,2-3,8H2. The van der Waals surface area contributed by atoms with Crippen LogP contribution in [0.3, 0.4) is 0 Å². The third-order valence-electron chi connectivity index (χ3n) is 3.20. The van der Waals surface area contributed by atoms with Crippen molar-refractivity contribution in [3.8, 4) is 11.6 Å². The summed E-state index contributed by atoms with van der Waals surface area (Å²) in [6.45, 7) is 0.474. The van der Waals surface area contributed by atoms with Crippen molar-refractivity contribution in [3.05, 3.63) is 51.3 Å². The van der Waals surface area contributed by atoms with Crippen LogP contribution >= 0.6 is 27.5 Å². The van der Waals surface area contributed by atoms with E-state index in [1.165, 1.54) is 6.20 Å². The maximum atomic E-state index is 14.4. The zero-order valence-corrected chi connectivity index (χ0v) is 13.4. The second-order valence-electron chi connectivity index (χ2n) is 4.92. The van der Waals surface area contributed by atoms with Crippen LogP contribution in [0.4, 0.5) is 4.39 Å². The van der Waals surface area contributed by atoms with E-state index in [4.69, 9.17) is 16.3 Å². The van der Waals surface area contributed by atoms with Gasteiger partial charge in [0.1, 0.15) is 5.75 Å². The fourth-order valence-corrected chi connectivity index (χ4v) is 2.37. The van der Waals surface area contributed by atoms with Crippen molar-refractivity contribution in [2.45, 2.75) is 25.4 Å². The summed E-state index contributed by atoms with van der Waals surface area (Å²) >= 11 is 9.37. The maximum absolute atomic E-state index is 14.4. The number of nitrogens with zero attached hydrogens (tertiary/aromatic N) is 1. The highest BCUT2D eigenvalue weighted by molar-refractivity contribution is 9.10. The molecule has 21 heavy (non-hydrogen) atoms. The van der Waals surface area contributed by atoms with E-state index in [0.717, 1.165) is 17.3 Å². The smallest absolute Gasteiger partial charge is 0.256 e. The lowest BCUT2D eigenvalue weighted by Gasteiger charge is -2.10. The summed E-state index contributed by atoms with van der Waals surface area (Å²) < 4.78 is 20.7. The maximum Gasteiger partial charge on any atom is 0.256 e. The van der Waals surface area contributed by atoms with Gasteiger partial charge in [-0.3, -0.25) is 0 Å². The second-order valence-corrected chi connectivity index (χ2v) is 6.24. The highest BCUT2D eigenvalue weighted by Gasteiger charge is 2.21. The Bertz CT molecular complexity index is 664. The van der Waals surface area contributed by atoms with E-state index < -0.39 is 5.82 Å². The number of pyridine rings is 1. The highest BCUT2D eigenvalue weighted by Crippen LogP contribution is 2.32. The minimum atomic E-state index is -0.457. The molecule has 0 saturated heterocycles. The van der Waals surface area contributed by atoms with Crippen LogP contribution in [0, 0.1) is 5.82 Å². The Morgan fingerprint density at radius 3 is 2.95 bits per heavy atom. The van der Waals surface area contributed by atoms with Crippen LogP contribution in [0.2, 0.25) is 5.02 Å². The van der Waals surface area contributed by atoms with Gasteiger partial charge in [-0.15, -0.1) is 0 Å². The fourth-order valence-electron chi connectivity index (χ4n) is 1.87. The third kappa shape index (κ3) is 3.73. The van der Waals surface area contributed by atoms with Crippen LogP contribution in [0.1, 0.15) is 18.4 Å². The molecular formula is C15H13BrClFN2O. The largest absolute Gasteiger partial charge is 0.435 e. The quantitative estimate of drug-likeness (QED) is 0.828. The normalized spacial score (nSPS) is 14.2. The molecule has 0 spiro atoms. The highest BCUT2D eigenvalue weighted by atomic mass is 79.9. The van der Waals surface area contributed by atoms with Gasteiger partial charge in [-0.25, -0.2) is 9.37 Å². The van der Waals surface area contributed by atoms with Crippen molar-refractivity contribution in [1.82, 2.24) is 10.3 Å². The molecule has 1 aliphatic carbocycles. The van der Waals surface area contributed by atoms with Crippen LogP contribution in [0.5, 0.6) is 11.6 Å². The summed E-state index contributed by atoms with van der Waals surface area (Å²) in [5.41, 5.74) is 0.540. The van der Waals surface area contributed by atoms with E-state index in [2.05, 4.69) is 26.2 Å². The molecule has 1 fully saturated rings. The van der Waals surface area contributed by atoms with E-state index in [1.54, 1.807) is 24.3 Å². The summed E-state index contributed by atoms with van der Waals surface area (Å²) in [6.07, 6.45) is 3.85. The predicted octanol–water partition coefficient (Wildman–Crippen LogP) is 4.68. The van der Waals surface area contributed by atoms with E-state index >= 15 is 0 Å². The zero-order chi connectivity index (χ0) is 14.8. The monoisotopic (exact) mass is 370 g/mol. The van der Waals surface area contributed by atoms with Crippen LogP contribution in [0.25, 0.3) is 0 Å². The Balaban J connectivity index is 1.80. The number of benzene rings is 1. The van der Waals surface area contributed by atoms with Gasteiger partial charge in [-0.2, -0.15) is 0 Å². The number of hydrogen-bond acceptors (Lipinski definition) is 3. The Hall–Kier alpha value is -1.17. The average Bonchev–Trinajstić information content (AvgIpc) is 3.28. The van der Waals surface area contributed by atoms with Gasteiger partial charge in [-0.1, -0.05) is 27.5 Å². The van der Waals surface area contributed by atoms with Crippen LogP contribution in [-0.2, 0) is 6.54 Å². The first kappa shape index (κ1) is 14.8. The molecule has 1 N–H and O–H groups in total. The van der Waals surface area contributed by atoms with Gasteiger partial charge in [-0.05, 0) is 37.1 Å². The van der Waals surface area contributed by atoms with Crippen molar-refractivity contribution < 1.29 is 9.13 Å². The van der Waals surface area contributed by atoms with Gasteiger partial charge in [0.2, 0.25) is 0 Å². The summed E-state index contributed by atoms with van der Waals surface area (Å²) in [5.74, 6) is -0.156. The molecule has 2 aromatic rings. The SMILES string of the molecule is Fc1c(CNC2CC2)ccnc1Oc1cc(Br)ccc1Cl. The number of nitrogens with one attached hydrogen (secondary N) is 1. The van der Waals surface area contributed by atoms with Gasteiger partial charge in [0.15, 0.2) is 5.82 Å². The second kappa shape index (κ2) is 6.30. The lowest BCUT2D eigenvalue weighted by atomic mass is 10.2. The molecule has 3 nitrogen and oxygen atoms in total. The van der Waals surface area contributed by atoms with Crippen molar-refractivity contribution in [1.29, 1.82) is 0 Å². The number of aromatic nitrogens is 1. The van der Waals surface area contributed by atoms with Crippen LogP contribution in [-0.4, -0.2) is 11.0 Å². The topological polar surface area (TPSA) is 34.2 Å². The predicted molar refractivity (Wildman–Crippen MR) is 83.3 cm³/mol. The Labute approximate surface area is 135 Å². The molecule has 0 atom stereocenters. The van der Waals surface area contributed by atoms with Gasteiger partial charge in [0, 0.05) is 28.8 Å². The van der Waals surface area contributed by atoms with Crippen LogP contribution in [0.15, 0.2) is 34.9 Å². The summed E-state index contributed by atoms with van der Waals surface area (Å²) in [5, 5.41) is 3.67. The molecule has 1 heterocycles. The molecule has 1 aromatic heterocycles. The molecule has 0 amide bonds. The number of ether oxygens (including phenoxy) is 1. The molecule has 1 aliphatic rings. The lowest BCUT2D eigenvalue weighted by molar-refractivity contribution is 0.417. The first-order chi connectivity index (χ1) is 10.1. The minimum Gasteiger partial charge on any atom is -0.435 e. The van der Waals surface area contributed by atoms with Gasteiger partial charge >= 0.3 is 0 Å². The molecule has 3 rings (SSSR count). The Morgan fingerprint density at radius 1 is 1.38 bits per heavy atom. The first-order valence-corrected chi connectivity index (χ1v) is 7.80. The summed E-state index contributed by atoms with van der Waals surface area (Å²) in [6, 6.07) is 7.31. The van der Waals surface area contributed by atoms with Crippen LogP contribution < -0.4 is 10.1 Å². The van der Waals surface area contributed by atoms with Gasteiger partial charge < -0.3 is 10.1 Å². The average molecular weight is 372 g/mol. The van der Waals surface area contributed by atoms with Crippen molar-refractivity contribution >= 4 is 27.5 Å². The van der Waals surface area contributed by atoms with E-state index in [-0.39, 0.29) is 5.88 Å². The first-order valence-electron chi connectivity index (χ1n) is 6.63. The Morgan fingerprint density at radius 2 is 2.19 bits per heavy atom. The minimum absolute atomic E-state index is 0.0647. The number of rotatable bonds is 5. The zero-order valence-electron chi connectivity index (χ0n) is 11.1. The molecule has 1 aromatic carbocycles. The van der Waals surface area contributed by atoms with E-state index in [1.807, 2.05) is 0 Å². The lowest BCUT2D eigenvalue weighted by Crippen LogP contribution is -2.16. The van der Waals surface area contributed by atoms with E-state index in [0.29, 0.717) is 28.9 Å². The van der Waals surface area contributed by atoms with E-state index in [9.17, 15) is 4.39 Å². The molecule has 0 aliphatic heterocycles. The number of halogens is 3. The molecule has 110 valence electrons. The molecule has 6 heteroatoms. The van der Waals surface area contributed by atoms with Crippen molar-refractivity contribution in [2.75, 3.05) is 0 Å². The summed E-state index contributed by atoms with van der Waals surface area (Å²) in [7, 11) is 0.